The van der Waals surface area contributed by atoms with Crippen LogP contribution in [-0.2, 0) is 0 Å². The molecule has 1 amide bonds. The molecule has 3 rings (SSSR count). The monoisotopic (exact) mass is 317 g/mol. The van der Waals surface area contributed by atoms with Crippen molar-refractivity contribution in [2.75, 3.05) is 17.3 Å². The van der Waals surface area contributed by atoms with Crippen LogP contribution < -0.4 is 10.2 Å². The minimum Gasteiger partial charge on any atom is -0.343 e. The molecule has 4 nitrogen and oxygen atoms in total. The molecule has 120 valence electrons. The van der Waals surface area contributed by atoms with Crippen molar-refractivity contribution in [1.29, 1.82) is 0 Å². The molecule has 0 saturated carbocycles. The number of benzene rings is 2. The van der Waals surface area contributed by atoms with Crippen molar-refractivity contribution in [3.05, 3.63) is 84.2 Å². The standard InChI is InChI=1S/C20H19N3O/c1-15-6-3-7-16(12-15)20(24)22-17-8-4-9-18(13-17)23(2)19-10-5-11-21-14-19/h3-14H,1-2H3,(H,22,24). The summed E-state index contributed by atoms with van der Waals surface area (Å²) < 4.78 is 0. The highest BCUT2D eigenvalue weighted by atomic mass is 16.1. The van der Waals surface area contributed by atoms with E-state index in [1.807, 2.05) is 79.5 Å². The summed E-state index contributed by atoms with van der Waals surface area (Å²) in [6.07, 6.45) is 3.55. The van der Waals surface area contributed by atoms with Gasteiger partial charge >= 0.3 is 0 Å². The summed E-state index contributed by atoms with van der Waals surface area (Å²) in [5.41, 5.74) is 4.44. The fourth-order valence-corrected chi connectivity index (χ4v) is 2.48. The zero-order chi connectivity index (χ0) is 16.9. The highest BCUT2D eigenvalue weighted by molar-refractivity contribution is 6.04. The van der Waals surface area contributed by atoms with Crippen LogP contribution in [0.1, 0.15) is 15.9 Å². The number of carbonyl (C=O) groups excluding carboxylic acids is 1. The normalized spacial score (nSPS) is 10.2. The van der Waals surface area contributed by atoms with Crippen molar-refractivity contribution >= 4 is 23.0 Å². The molecule has 2 aromatic carbocycles. The number of rotatable bonds is 4. The van der Waals surface area contributed by atoms with E-state index in [-0.39, 0.29) is 5.91 Å². The molecule has 1 aromatic heterocycles. The van der Waals surface area contributed by atoms with Crippen LogP contribution in [0.4, 0.5) is 17.1 Å². The quantitative estimate of drug-likeness (QED) is 0.775. The fraction of sp³-hybridized carbons (Fsp3) is 0.100. The van der Waals surface area contributed by atoms with Crippen molar-refractivity contribution in [1.82, 2.24) is 4.98 Å². The third-order valence-corrected chi connectivity index (χ3v) is 3.80. The van der Waals surface area contributed by atoms with E-state index in [0.29, 0.717) is 5.56 Å². The summed E-state index contributed by atoms with van der Waals surface area (Å²) in [4.78, 5) is 18.5. The van der Waals surface area contributed by atoms with Gasteiger partial charge in [-0.3, -0.25) is 9.78 Å². The number of aromatic nitrogens is 1. The summed E-state index contributed by atoms with van der Waals surface area (Å²) in [7, 11) is 1.97. The molecule has 0 radical (unpaired) electrons. The first-order chi connectivity index (χ1) is 11.6. The molecule has 0 spiro atoms. The molecule has 0 saturated heterocycles. The second-order valence-corrected chi connectivity index (χ2v) is 5.64. The van der Waals surface area contributed by atoms with Gasteiger partial charge in [0.1, 0.15) is 0 Å². The average molecular weight is 317 g/mol. The number of pyridine rings is 1. The number of amides is 1. The summed E-state index contributed by atoms with van der Waals surface area (Å²) in [6, 6.07) is 19.2. The van der Waals surface area contributed by atoms with Gasteiger partial charge in [0.15, 0.2) is 0 Å². The Balaban J connectivity index is 1.79. The Hall–Kier alpha value is -3.14. The van der Waals surface area contributed by atoms with Crippen molar-refractivity contribution in [2.45, 2.75) is 6.92 Å². The van der Waals surface area contributed by atoms with E-state index in [4.69, 9.17) is 0 Å². The Morgan fingerprint density at radius 1 is 1.00 bits per heavy atom. The average Bonchev–Trinajstić information content (AvgIpc) is 2.62. The van der Waals surface area contributed by atoms with Crippen molar-refractivity contribution in [3.8, 4) is 0 Å². The number of carbonyl (C=O) groups is 1. The predicted octanol–water partition coefficient (Wildman–Crippen LogP) is 4.41. The van der Waals surface area contributed by atoms with Crippen LogP contribution in [0, 0.1) is 6.92 Å². The third kappa shape index (κ3) is 3.60. The van der Waals surface area contributed by atoms with Gasteiger partial charge in [-0.15, -0.1) is 0 Å². The maximum absolute atomic E-state index is 12.4. The number of aryl methyl sites for hydroxylation is 1. The third-order valence-electron chi connectivity index (χ3n) is 3.80. The maximum atomic E-state index is 12.4. The molecule has 3 aromatic rings. The van der Waals surface area contributed by atoms with Gasteiger partial charge in [-0.05, 0) is 49.4 Å². The highest BCUT2D eigenvalue weighted by Crippen LogP contribution is 2.25. The molecule has 1 N–H and O–H groups in total. The molecule has 24 heavy (non-hydrogen) atoms. The lowest BCUT2D eigenvalue weighted by molar-refractivity contribution is 0.102. The van der Waals surface area contributed by atoms with Crippen molar-refractivity contribution in [3.63, 3.8) is 0 Å². The number of hydrogen-bond acceptors (Lipinski definition) is 3. The molecule has 1 heterocycles. The Bertz CT molecular complexity index is 846. The molecule has 0 fully saturated rings. The van der Waals surface area contributed by atoms with E-state index in [1.54, 1.807) is 12.4 Å². The van der Waals surface area contributed by atoms with Crippen LogP contribution in [0.25, 0.3) is 0 Å². The minimum absolute atomic E-state index is 0.111. The Labute approximate surface area is 141 Å². The molecule has 4 heteroatoms. The Morgan fingerprint density at radius 2 is 1.79 bits per heavy atom. The molecular weight excluding hydrogens is 298 g/mol. The first-order valence-electron chi connectivity index (χ1n) is 7.75. The lowest BCUT2D eigenvalue weighted by Gasteiger charge is -2.19. The zero-order valence-electron chi connectivity index (χ0n) is 13.7. The van der Waals surface area contributed by atoms with E-state index in [0.717, 1.165) is 22.6 Å². The van der Waals surface area contributed by atoms with Crippen molar-refractivity contribution < 1.29 is 4.79 Å². The van der Waals surface area contributed by atoms with E-state index >= 15 is 0 Å². The highest BCUT2D eigenvalue weighted by Gasteiger charge is 2.08. The Kier molecular flexibility index (Phi) is 4.57. The van der Waals surface area contributed by atoms with Gasteiger partial charge in [0.05, 0.1) is 11.9 Å². The molecule has 0 unspecified atom stereocenters. The van der Waals surface area contributed by atoms with Gasteiger partial charge in [-0.2, -0.15) is 0 Å². The second-order valence-electron chi connectivity index (χ2n) is 5.64. The SMILES string of the molecule is Cc1cccc(C(=O)Nc2cccc(N(C)c3cccnc3)c2)c1. The van der Waals surface area contributed by atoms with Crippen LogP contribution >= 0.6 is 0 Å². The smallest absolute Gasteiger partial charge is 0.255 e. The molecule has 0 aliphatic heterocycles. The molecule has 0 atom stereocenters. The number of nitrogens with zero attached hydrogens (tertiary/aromatic N) is 2. The van der Waals surface area contributed by atoms with Crippen LogP contribution in [0.15, 0.2) is 73.1 Å². The summed E-state index contributed by atoms with van der Waals surface area (Å²) in [5.74, 6) is -0.111. The lowest BCUT2D eigenvalue weighted by atomic mass is 10.1. The van der Waals surface area contributed by atoms with Gasteiger partial charge in [0.25, 0.3) is 5.91 Å². The molecule has 0 aliphatic carbocycles. The van der Waals surface area contributed by atoms with Gasteiger partial charge < -0.3 is 10.2 Å². The van der Waals surface area contributed by atoms with Crippen LogP contribution in [-0.4, -0.2) is 17.9 Å². The van der Waals surface area contributed by atoms with Crippen LogP contribution in [0.5, 0.6) is 0 Å². The van der Waals surface area contributed by atoms with Crippen molar-refractivity contribution in [2.24, 2.45) is 0 Å². The van der Waals surface area contributed by atoms with Crippen LogP contribution in [0.2, 0.25) is 0 Å². The summed E-state index contributed by atoms with van der Waals surface area (Å²) in [6.45, 7) is 1.97. The first kappa shape index (κ1) is 15.7. The number of anilines is 3. The van der Waals surface area contributed by atoms with Gasteiger partial charge in [0.2, 0.25) is 0 Å². The van der Waals surface area contributed by atoms with Gasteiger partial charge in [-0.1, -0.05) is 23.8 Å². The maximum Gasteiger partial charge on any atom is 0.255 e. The first-order valence-corrected chi connectivity index (χ1v) is 7.75. The fourth-order valence-electron chi connectivity index (χ4n) is 2.48. The number of nitrogens with one attached hydrogen (secondary N) is 1. The molecular formula is C20H19N3O. The van der Waals surface area contributed by atoms with Crippen LogP contribution in [0.3, 0.4) is 0 Å². The predicted molar refractivity (Wildman–Crippen MR) is 97.9 cm³/mol. The Morgan fingerprint density at radius 3 is 2.54 bits per heavy atom. The topological polar surface area (TPSA) is 45.2 Å². The largest absolute Gasteiger partial charge is 0.343 e. The second kappa shape index (κ2) is 6.96. The minimum atomic E-state index is -0.111. The van der Waals surface area contributed by atoms with E-state index < -0.39 is 0 Å². The van der Waals surface area contributed by atoms with E-state index in [9.17, 15) is 4.79 Å². The zero-order valence-corrected chi connectivity index (χ0v) is 13.7. The summed E-state index contributed by atoms with van der Waals surface area (Å²) in [5, 5.41) is 2.95. The summed E-state index contributed by atoms with van der Waals surface area (Å²) >= 11 is 0. The lowest BCUT2D eigenvalue weighted by Crippen LogP contribution is -2.13. The van der Waals surface area contributed by atoms with Gasteiger partial charge in [-0.25, -0.2) is 0 Å². The number of hydrogen-bond donors (Lipinski definition) is 1. The molecule has 0 bridgehead atoms. The van der Waals surface area contributed by atoms with E-state index in [2.05, 4.69) is 10.3 Å². The van der Waals surface area contributed by atoms with Gasteiger partial charge in [0, 0.05) is 30.2 Å². The van der Waals surface area contributed by atoms with E-state index in [1.165, 1.54) is 0 Å². The molecule has 0 aliphatic rings.